The van der Waals surface area contributed by atoms with Crippen molar-refractivity contribution in [2.75, 3.05) is 13.7 Å². The number of Topliss-reactive ketones (excluding diaryl/α,β-unsaturated/α-hetero) is 1. The number of aliphatic imine (C=N–C) groups is 1. The summed E-state index contributed by atoms with van der Waals surface area (Å²) in [6, 6.07) is 3.53. The first-order valence-electron chi connectivity index (χ1n) is 10.6. The largest absolute Gasteiger partial charge is 0.504 e. The maximum atomic E-state index is 13.3. The number of ketones is 1. The molecule has 31 heavy (non-hydrogen) atoms. The first-order chi connectivity index (χ1) is 14.6. The smallest absolute Gasteiger partial charge is 0.315 e. The molecule has 1 aliphatic heterocycles. The molecule has 6 heteroatoms. The van der Waals surface area contributed by atoms with Crippen LogP contribution in [0.5, 0.6) is 11.5 Å². The summed E-state index contributed by atoms with van der Waals surface area (Å²) in [6.07, 6.45) is 3.16. The summed E-state index contributed by atoms with van der Waals surface area (Å²) < 4.78 is 10.8. The van der Waals surface area contributed by atoms with Gasteiger partial charge in [0.2, 0.25) is 0 Å². The lowest BCUT2D eigenvalue weighted by Gasteiger charge is -2.39. The number of hydrogen-bond donors (Lipinski definition) is 1. The molecular weight excluding hydrogens is 394 g/mol. The average molecular weight is 426 g/mol. The highest BCUT2D eigenvalue weighted by Gasteiger charge is 2.46. The van der Waals surface area contributed by atoms with E-state index in [0.29, 0.717) is 41.9 Å². The van der Waals surface area contributed by atoms with Crippen LogP contribution in [0, 0.1) is 11.3 Å². The SMILES string of the molecule is C=CCc1cc([C@H]2C3=C(CC(C)(C)CC3=O)N=C(C)C2C(=O)OCC)cc(OC)c1O. The summed E-state index contributed by atoms with van der Waals surface area (Å²) >= 11 is 0. The first kappa shape index (κ1) is 22.8. The Morgan fingerprint density at radius 1 is 1.35 bits per heavy atom. The number of rotatable bonds is 6. The molecule has 166 valence electrons. The second-order valence-corrected chi connectivity index (χ2v) is 8.99. The number of allylic oxidation sites excluding steroid dienone is 3. The van der Waals surface area contributed by atoms with Gasteiger partial charge < -0.3 is 14.6 Å². The minimum Gasteiger partial charge on any atom is -0.504 e. The Labute approximate surface area is 183 Å². The summed E-state index contributed by atoms with van der Waals surface area (Å²) in [4.78, 5) is 31.0. The molecule has 1 unspecified atom stereocenters. The molecule has 0 radical (unpaired) electrons. The molecule has 2 atom stereocenters. The van der Waals surface area contributed by atoms with E-state index in [2.05, 4.69) is 20.4 Å². The van der Waals surface area contributed by atoms with Gasteiger partial charge in [-0.15, -0.1) is 6.58 Å². The van der Waals surface area contributed by atoms with Crippen LogP contribution in [0.1, 0.15) is 57.6 Å². The van der Waals surface area contributed by atoms with Gasteiger partial charge in [0, 0.05) is 34.9 Å². The van der Waals surface area contributed by atoms with Crippen molar-refractivity contribution < 1.29 is 24.2 Å². The molecule has 0 fully saturated rings. The van der Waals surface area contributed by atoms with Gasteiger partial charge in [0.1, 0.15) is 5.92 Å². The number of aromatic hydroxyl groups is 1. The molecule has 1 heterocycles. The van der Waals surface area contributed by atoms with E-state index in [1.54, 1.807) is 19.1 Å². The molecule has 2 aliphatic rings. The van der Waals surface area contributed by atoms with Crippen LogP contribution in [0.15, 0.2) is 41.1 Å². The van der Waals surface area contributed by atoms with Crippen LogP contribution in [0.25, 0.3) is 0 Å². The van der Waals surface area contributed by atoms with Gasteiger partial charge in [-0.25, -0.2) is 0 Å². The highest BCUT2D eigenvalue weighted by Crippen LogP contribution is 2.49. The molecule has 1 aliphatic carbocycles. The topological polar surface area (TPSA) is 85.2 Å². The van der Waals surface area contributed by atoms with Gasteiger partial charge in [-0.1, -0.05) is 26.0 Å². The molecule has 1 N–H and O–H groups in total. The highest BCUT2D eigenvalue weighted by atomic mass is 16.5. The van der Waals surface area contributed by atoms with Gasteiger partial charge in [0.05, 0.1) is 13.7 Å². The van der Waals surface area contributed by atoms with Crippen LogP contribution < -0.4 is 4.74 Å². The van der Waals surface area contributed by atoms with Crippen molar-refractivity contribution in [2.24, 2.45) is 16.3 Å². The predicted octanol–water partition coefficient (Wildman–Crippen LogP) is 4.51. The van der Waals surface area contributed by atoms with Gasteiger partial charge in [0.25, 0.3) is 0 Å². The second-order valence-electron chi connectivity index (χ2n) is 8.99. The summed E-state index contributed by atoms with van der Waals surface area (Å²) in [5.74, 6) is -1.34. The Balaban J connectivity index is 2.26. The van der Waals surface area contributed by atoms with Gasteiger partial charge >= 0.3 is 5.97 Å². The van der Waals surface area contributed by atoms with E-state index in [-0.39, 0.29) is 23.6 Å². The third kappa shape index (κ3) is 4.29. The van der Waals surface area contributed by atoms with Crippen molar-refractivity contribution in [3.63, 3.8) is 0 Å². The molecule has 1 aromatic rings. The maximum Gasteiger partial charge on any atom is 0.315 e. The Kier molecular flexibility index (Phi) is 6.39. The van der Waals surface area contributed by atoms with Crippen LogP contribution >= 0.6 is 0 Å². The zero-order valence-electron chi connectivity index (χ0n) is 18.9. The van der Waals surface area contributed by atoms with E-state index in [9.17, 15) is 14.7 Å². The van der Waals surface area contributed by atoms with Crippen molar-refractivity contribution in [1.29, 1.82) is 0 Å². The number of carbonyl (C=O) groups excluding carboxylic acids is 2. The van der Waals surface area contributed by atoms with E-state index in [1.165, 1.54) is 7.11 Å². The summed E-state index contributed by atoms with van der Waals surface area (Å²) in [7, 11) is 1.48. The normalized spacial score (nSPS) is 22.5. The van der Waals surface area contributed by atoms with Crippen LogP contribution in [0.2, 0.25) is 0 Å². The molecule has 0 spiro atoms. The van der Waals surface area contributed by atoms with E-state index in [0.717, 1.165) is 11.3 Å². The number of esters is 1. The monoisotopic (exact) mass is 425 g/mol. The molecule has 1 aromatic carbocycles. The van der Waals surface area contributed by atoms with Crippen LogP contribution in [0.3, 0.4) is 0 Å². The summed E-state index contributed by atoms with van der Waals surface area (Å²) in [6.45, 7) is 11.7. The Hall–Kier alpha value is -2.89. The number of hydrogen-bond acceptors (Lipinski definition) is 6. The average Bonchev–Trinajstić information content (AvgIpc) is 2.67. The fraction of sp³-hybridized carbons (Fsp3) is 0.480. The van der Waals surface area contributed by atoms with Gasteiger partial charge in [-0.3, -0.25) is 14.6 Å². The number of benzene rings is 1. The highest BCUT2D eigenvalue weighted by molar-refractivity contribution is 6.09. The van der Waals surface area contributed by atoms with Gasteiger partial charge in [-0.05, 0) is 43.7 Å². The van der Waals surface area contributed by atoms with Crippen molar-refractivity contribution >= 4 is 17.5 Å². The summed E-state index contributed by atoms with van der Waals surface area (Å²) in [5.41, 5.74) is 3.09. The van der Waals surface area contributed by atoms with E-state index in [4.69, 9.17) is 14.5 Å². The van der Waals surface area contributed by atoms with Crippen LogP contribution in [0.4, 0.5) is 0 Å². The predicted molar refractivity (Wildman–Crippen MR) is 120 cm³/mol. The molecule has 0 bridgehead atoms. The molecule has 6 nitrogen and oxygen atoms in total. The zero-order valence-corrected chi connectivity index (χ0v) is 18.9. The fourth-order valence-corrected chi connectivity index (χ4v) is 4.68. The van der Waals surface area contributed by atoms with Gasteiger partial charge in [0.15, 0.2) is 17.3 Å². The van der Waals surface area contributed by atoms with Crippen LogP contribution in [-0.4, -0.2) is 36.3 Å². The Morgan fingerprint density at radius 2 is 2.06 bits per heavy atom. The number of nitrogens with zero attached hydrogens (tertiary/aromatic N) is 1. The van der Waals surface area contributed by atoms with E-state index in [1.807, 2.05) is 13.0 Å². The second kappa shape index (κ2) is 8.69. The molecule has 3 rings (SSSR count). The van der Waals surface area contributed by atoms with Crippen molar-refractivity contribution in [3.05, 3.63) is 47.2 Å². The lowest BCUT2D eigenvalue weighted by molar-refractivity contribution is -0.146. The third-order valence-corrected chi connectivity index (χ3v) is 5.96. The lowest BCUT2D eigenvalue weighted by atomic mass is 9.66. The standard InChI is InChI=1S/C25H31NO5/c1-7-9-15-10-16(11-19(30-6)23(15)28)21-20(24(29)31-8-2)14(3)26-17-12-25(4,5)13-18(27)22(17)21/h7,10-11,20-21,28H,1,8-9,12-13H2,2-6H3/t20?,21-/m1/s1. The molecule has 0 saturated heterocycles. The molecular formula is C25H31NO5. The first-order valence-corrected chi connectivity index (χ1v) is 10.6. The number of phenolic OH excluding ortho intramolecular Hbond substituents is 1. The van der Waals surface area contributed by atoms with Crippen molar-refractivity contribution in [3.8, 4) is 11.5 Å². The number of methoxy groups -OCH3 is 1. The van der Waals surface area contributed by atoms with E-state index < -0.39 is 17.8 Å². The van der Waals surface area contributed by atoms with Crippen molar-refractivity contribution in [2.45, 2.75) is 52.9 Å². The number of carbonyl (C=O) groups is 2. The lowest BCUT2D eigenvalue weighted by Crippen LogP contribution is -2.39. The molecule has 0 aromatic heterocycles. The molecule has 0 saturated carbocycles. The van der Waals surface area contributed by atoms with E-state index >= 15 is 0 Å². The fourth-order valence-electron chi connectivity index (χ4n) is 4.68. The minimum atomic E-state index is -0.713. The minimum absolute atomic E-state index is 0.000823. The van der Waals surface area contributed by atoms with Crippen LogP contribution in [-0.2, 0) is 20.7 Å². The zero-order chi connectivity index (χ0) is 22.9. The number of phenols is 1. The van der Waals surface area contributed by atoms with Crippen molar-refractivity contribution in [1.82, 2.24) is 0 Å². The maximum absolute atomic E-state index is 13.3. The van der Waals surface area contributed by atoms with Gasteiger partial charge in [-0.2, -0.15) is 0 Å². The molecule has 0 amide bonds. The summed E-state index contributed by atoms with van der Waals surface area (Å²) in [5, 5.41) is 10.5. The quantitative estimate of drug-likeness (QED) is 0.535. The third-order valence-electron chi connectivity index (χ3n) is 5.96. The number of ether oxygens (including phenoxy) is 2. The Bertz CT molecular complexity index is 986. The Morgan fingerprint density at radius 3 is 2.68 bits per heavy atom.